The van der Waals surface area contributed by atoms with Crippen LogP contribution in [0, 0.1) is 17.1 Å². The Morgan fingerprint density at radius 1 is 1.05 bits per heavy atom. The lowest BCUT2D eigenvalue weighted by Crippen LogP contribution is -1.91. The average Bonchev–Trinajstić information content (AvgIpc) is 2.53. The molecule has 2 aromatic carbocycles. The molecule has 0 heterocycles. The van der Waals surface area contributed by atoms with E-state index >= 15 is 0 Å². The largest absolute Gasteiger partial charge is 0.493 e. The van der Waals surface area contributed by atoms with E-state index in [-0.39, 0.29) is 5.82 Å². The Balaban J connectivity index is 2.41. The third-order valence-electron chi connectivity index (χ3n) is 2.99. The second kappa shape index (κ2) is 6.58. The first-order chi connectivity index (χ1) is 10.2. The molecule has 0 aliphatic rings. The van der Waals surface area contributed by atoms with Crippen molar-refractivity contribution < 1.29 is 13.9 Å². The molecule has 0 aliphatic heterocycles. The van der Waals surface area contributed by atoms with Crippen molar-refractivity contribution in [2.45, 2.75) is 0 Å². The van der Waals surface area contributed by atoms with Gasteiger partial charge in [-0.2, -0.15) is 5.26 Å². The normalized spacial score (nSPS) is 10.9. The maximum Gasteiger partial charge on any atom is 0.161 e. The van der Waals surface area contributed by atoms with E-state index in [1.165, 1.54) is 12.1 Å². The van der Waals surface area contributed by atoms with Crippen LogP contribution in [0.25, 0.3) is 11.6 Å². The fourth-order valence-corrected chi connectivity index (χ4v) is 1.92. The average molecular weight is 283 g/mol. The van der Waals surface area contributed by atoms with Crippen LogP contribution in [0.1, 0.15) is 11.1 Å². The van der Waals surface area contributed by atoms with E-state index in [1.54, 1.807) is 44.6 Å². The van der Waals surface area contributed by atoms with Crippen molar-refractivity contribution >= 4 is 11.6 Å². The summed E-state index contributed by atoms with van der Waals surface area (Å²) in [4.78, 5) is 0. The minimum atomic E-state index is -0.331. The Morgan fingerprint density at radius 3 is 2.29 bits per heavy atom. The van der Waals surface area contributed by atoms with Gasteiger partial charge in [-0.25, -0.2) is 4.39 Å². The number of benzene rings is 2. The Bertz CT molecular complexity index is 700. The highest BCUT2D eigenvalue weighted by atomic mass is 19.1. The SMILES string of the molecule is COc1ccc(/C=C(/C#N)c2ccc(F)cc2)cc1OC. The van der Waals surface area contributed by atoms with E-state index in [0.717, 1.165) is 5.56 Å². The number of methoxy groups -OCH3 is 2. The molecule has 0 saturated heterocycles. The molecule has 0 radical (unpaired) electrons. The summed E-state index contributed by atoms with van der Waals surface area (Å²) in [6.45, 7) is 0. The van der Waals surface area contributed by atoms with E-state index in [1.807, 2.05) is 6.07 Å². The molecule has 0 N–H and O–H groups in total. The highest BCUT2D eigenvalue weighted by Crippen LogP contribution is 2.29. The number of halogens is 1. The maximum absolute atomic E-state index is 12.9. The van der Waals surface area contributed by atoms with E-state index in [0.29, 0.717) is 22.6 Å². The van der Waals surface area contributed by atoms with Crippen molar-refractivity contribution in [2.24, 2.45) is 0 Å². The number of hydrogen-bond acceptors (Lipinski definition) is 3. The van der Waals surface area contributed by atoms with Crippen molar-refractivity contribution in [1.29, 1.82) is 5.26 Å². The molecule has 21 heavy (non-hydrogen) atoms. The number of rotatable bonds is 4. The van der Waals surface area contributed by atoms with Crippen LogP contribution in [0.4, 0.5) is 4.39 Å². The summed E-state index contributed by atoms with van der Waals surface area (Å²) < 4.78 is 23.3. The lowest BCUT2D eigenvalue weighted by molar-refractivity contribution is 0.355. The lowest BCUT2D eigenvalue weighted by Gasteiger charge is -2.08. The molecule has 4 heteroatoms. The predicted molar refractivity (Wildman–Crippen MR) is 79.4 cm³/mol. The summed E-state index contributed by atoms with van der Waals surface area (Å²) in [5.74, 6) is 0.875. The third kappa shape index (κ3) is 3.40. The van der Waals surface area contributed by atoms with Crippen molar-refractivity contribution in [3.63, 3.8) is 0 Å². The summed E-state index contributed by atoms with van der Waals surface area (Å²) in [6.07, 6.45) is 1.72. The zero-order valence-electron chi connectivity index (χ0n) is 11.8. The Kier molecular flexibility index (Phi) is 4.57. The number of allylic oxidation sites excluding steroid dienone is 1. The lowest BCUT2D eigenvalue weighted by atomic mass is 10.0. The molecule has 0 atom stereocenters. The molecule has 0 amide bonds. The summed E-state index contributed by atoms with van der Waals surface area (Å²) in [5, 5.41) is 9.27. The molecule has 0 fully saturated rings. The van der Waals surface area contributed by atoms with Gasteiger partial charge in [-0.1, -0.05) is 18.2 Å². The minimum Gasteiger partial charge on any atom is -0.493 e. The first kappa shape index (κ1) is 14.6. The van der Waals surface area contributed by atoms with Gasteiger partial charge >= 0.3 is 0 Å². The Hall–Kier alpha value is -2.80. The smallest absolute Gasteiger partial charge is 0.161 e. The number of nitriles is 1. The monoisotopic (exact) mass is 283 g/mol. The molecule has 106 valence electrons. The molecule has 0 spiro atoms. The predicted octanol–water partition coefficient (Wildman–Crippen LogP) is 3.91. The fourth-order valence-electron chi connectivity index (χ4n) is 1.92. The zero-order valence-corrected chi connectivity index (χ0v) is 11.8. The molecule has 0 unspecified atom stereocenters. The van der Waals surface area contributed by atoms with E-state index in [2.05, 4.69) is 6.07 Å². The van der Waals surface area contributed by atoms with Gasteiger partial charge in [0, 0.05) is 0 Å². The molecule has 0 aliphatic carbocycles. The molecular formula is C17H14FNO2. The first-order valence-electron chi connectivity index (χ1n) is 6.27. The topological polar surface area (TPSA) is 42.2 Å². The van der Waals surface area contributed by atoms with Crippen LogP contribution in [0.5, 0.6) is 11.5 Å². The van der Waals surface area contributed by atoms with Gasteiger partial charge in [0.05, 0.1) is 25.9 Å². The highest BCUT2D eigenvalue weighted by molar-refractivity contribution is 5.89. The van der Waals surface area contributed by atoms with Crippen LogP contribution in [0.3, 0.4) is 0 Å². The highest BCUT2D eigenvalue weighted by Gasteiger charge is 2.05. The van der Waals surface area contributed by atoms with Gasteiger partial charge in [-0.05, 0) is 41.5 Å². The van der Waals surface area contributed by atoms with Crippen LogP contribution >= 0.6 is 0 Å². The van der Waals surface area contributed by atoms with Gasteiger partial charge in [-0.3, -0.25) is 0 Å². The van der Waals surface area contributed by atoms with Gasteiger partial charge in [-0.15, -0.1) is 0 Å². The van der Waals surface area contributed by atoms with Crippen LogP contribution in [-0.2, 0) is 0 Å². The third-order valence-corrected chi connectivity index (χ3v) is 2.99. The van der Waals surface area contributed by atoms with Gasteiger partial charge in [0.15, 0.2) is 11.5 Å². The van der Waals surface area contributed by atoms with Crippen molar-refractivity contribution in [2.75, 3.05) is 14.2 Å². The minimum absolute atomic E-state index is 0.331. The van der Waals surface area contributed by atoms with Crippen molar-refractivity contribution in [1.82, 2.24) is 0 Å². The fraction of sp³-hybridized carbons (Fsp3) is 0.118. The molecule has 0 bridgehead atoms. The van der Waals surface area contributed by atoms with Crippen LogP contribution < -0.4 is 9.47 Å². The molecule has 2 aromatic rings. The second-order valence-corrected chi connectivity index (χ2v) is 4.29. The Morgan fingerprint density at radius 2 is 1.71 bits per heavy atom. The molecule has 0 aromatic heterocycles. The summed E-state index contributed by atoms with van der Waals surface area (Å²) in [5.41, 5.74) is 1.91. The second-order valence-electron chi connectivity index (χ2n) is 4.29. The quantitative estimate of drug-likeness (QED) is 0.631. The summed E-state index contributed by atoms with van der Waals surface area (Å²) in [6, 6.07) is 13.3. The molecule has 0 saturated carbocycles. The molecule has 2 rings (SSSR count). The van der Waals surface area contributed by atoms with Crippen LogP contribution in [-0.4, -0.2) is 14.2 Å². The van der Waals surface area contributed by atoms with Gasteiger partial charge < -0.3 is 9.47 Å². The van der Waals surface area contributed by atoms with E-state index < -0.39 is 0 Å². The summed E-state index contributed by atoms with van der Waals surface area (Å²) in [7, 11) is 3.11. The van der Waals surface area contributed by atoms with Crippen molar-refractivity contribution in [3.8, 4) is 17.6 Å². The van der Waals surface area contributed by atoms with E-state index in [9.17, 15) is 9.65 Å². The van der Waals surface area contributed by atoms with E-state index in [4.69, 9.17) is 9.47 Å². The number of nitrogens with zero attached hydrogens (tertiary/aromatic N) is 1. The maximum atomic E-state index is 12.9. The standard InChI is InChI=1S/C17H14FNO2/c1-20-16-8-3-12(10-17(16)21-2)9-14(11-19)13-4-6-15(18)7-5-13/h3-10H,1-2H3/b14-9-. The van der Waals surface area contributed by atoms with Crippen LogP contribution in [0.2, 0.25) is 0 Å². The zero-order chi connectivity index (χ0) is 15.2. The molecular weight excluding hydrogens is 269 g/mol. The molecule has 3 nitrogen and oxygen atoms in total. The van der Waals surface area contributed by atoms with Gasteiger partial charge in [0.1, 0.15) is 5.82 Å². The summed E-state index contributed by atoms with van der Waals surface area (Å²) >= 11 is 0. The van der Waals surface area contributed by atoms with Gasteiger partial charge in [0.2, 0.25) is 0 Å². The number of ether oxygens (including phenoxy) is 2. The van der Waals surface area contributed by atoms with Gasteiger partial charge in [0.25, 0.3) is 0 Å². The number of hydrogen-bond donors (Lipinski definition) is 0. The van der Waals surface area contributed by atoms with Crippen LogP contribution in [0.15, 0.2) is 42.5 Å². The Labute approximate surface area is 122 Å². The first-order valence-corrected chi connectivity index (χ1v) is 6.27. The van der Waals surface area contributed by atoms with Crippen molar-refractivity contribution in [3.05, 3.63) is 59.4 Å².